The third kappa shape index (κ3) is 3.44. The van der Waals surface area contributed by atoms with Crippen molar-refractivity contribution in [1.82, 2.24) is 0 Å². The van der Waals surface area contributed by atoms with Crippen molar-refractivity contribution in [3.05, 3.63) is 16.0 Å². The Balaban J connectivity index is 1.82. The quantitative estimate of drug-likeness (QED) is 0.857. The predicted octanol–water partition coefficient (Wildman–Crippen LogP) is 3.88. The molecular weight excluding hydrogens is 308 g/mol. The Bertz CT molecular complexity index is 602. The summed E-state index contributed by atoms with van der Waals surface area (Å²) in [4.78, 5) is 25.6. The van der Waals surface area contributed by atoms with Crippen LogP contribution in [0.5, 0.6) is 0 Å². The highest BCUT2D eigenvalue weighted by molar-refractivity contribution is 7.17. The van der Waals surface area contributed by atoms with Crippen molar-refractivity contribution in [2.45, 2.75) is 64.7 Å². The van der Waals surface area contributed by atoms with E-state index in [1.165, 1.54) is 17.7 Å². The highest BCUT2D eigenvalue weighted by Gasteiger charge is 2.30. The second-order valence-electron chi connectivity index (χ2n) is 6.94. The summed E-state index contributed by atoms with van der Waals surface area (Å²) in [6, 6.07) is 0. The van der Waals surface area contributed by atoms with E-state index in [2.05, 4.69) is 12.2 Å². The summed E-state index contributed by atoms with van der Waals surface area (Å²) in [6.07, 6.45) is 9.64. The molecule has 1 aromatic rings. The van der Waals surface area contributed by atoms with Crippen molar-refractivity contribution in [1.29, 1.82) is 0 Å². The molecule has 1 fully saturated rings. The van der Waals surface area contributed by atoms with E-state index in [4.69, 9.17) is 5.73 Å². The molecule has 0 radical (unpaired) electrons. The zero-order valence-electron chi connectivity index (χ0n) is 13.8. The van der Waals surface area contributed by atoms with E-state index >= 15 is 0 Å². The van der Waals surface area contributed by atoms with Crippen molar-refractivity contribution in [2.24, 2.45) is 17.6 Å². The lowest BCUT2D eigenvalue weighted by atomic mass is 9.84. The maximum Gasteiger partial charge on any atom is 0.251 e. The molecule has 2 aliphatic rings. The minimum atomic E-state index is -0.404. The first-order valence-electron chi connectivity index (χ1n) is 8.85. The van der Waals surface area contributed by atoms with E-state index in [0.717, 1.165) is 50.5 Å². The fraction of sp³-hybridized carbons (Fsp3) is 0.667. The third-order valence-corrected chi connectivity index (χ3v) is 6.44. The number of amides is 2. The first kappa shape index (κ1) is 16.5. The molecule has 23 heavy (non-hydrogen) atoms. The number of nitrogens with one attached hydrogen (secondary N) is 1. The van der Waals surface area contributed by atoms with Gasteiger partial charge in [-0.3, -0.25) is 9.59 Å². The van der Waals surface area contributed by atoms with E-state index in [0.29, 0.717) is 16.5 Å². The maximum atomic E-state index is 12.4. The van der Waals surface area contributed by atoms with Gasteiger partial charge in [-0.2, -0.15) is 0 Å². The van der Waals surface area contributed by atoms with E-state index in [9.17, 15) is 9.59 Å². The molecule has 126 valence electrons. The van der Waals surface area contributed by atoms with Crippen molar-refractivity contribution in [3.63, 3.8) is 0 Å². The summed E-state index contributed by atoms with van der Waals surface area (Å²) in [5, 5.41) is 3.71. The van der Waals surface area contributed by atoms with Gasteiger partial charge in [0, 0.05) is 10.8 Å². The van der Waals surface area contributed by atoms with Gasteiger partial charge in [0.15, 0.2) is 0 Å². The molecule has 0 bridgehead atoms. The number of primary amides is 1. The van der Waals surface area contributed by atoms with Gasteiger partial charge in [0.1, 0.15) is 5.00 Å². The summed E-state index contributed by atoms with van der Waals surface area (Å²) in [5.41, 5.74) is 7.29. The molecule has 4 nitrogen and oxygen atoms in total. The molecule has 1 heterocycles. The highest BCUT2D eigenvalue weighted by atomic mass is 32.1. The zero-order chi connectivity index (χ0) is 16.4. The Morgan fingerprint density at radius 1 is 1.26 bits per heavy atom. The number of fused-ring (bicyclic) bond motifs is 1. The summed E-state index contributed by atoms with van der Waals surface area (Å²) >= 11 is 1.57. The van der Waals surface area contributed by atoms with Gasteiger partial charge in [-0.05, 0) is 43.6 Å². The van der Waals surface area contributed by atoms with Crippen LogP contribution in [-0.2, 0) is 17.6 Å². The molecular formula is C18H26N2O2S. The van der Waals surface area contributed by atoms with Crippen molar-refractivity contribution >= 4 is 28.2 Å². The van der Waals surface area contributed by atoms with E-state index < -0.39 is 5.91 Å². The monoisotopic (exact) mass is 334 g/mol. The fourth-order valence-electron chi connectivity index (χ4n) is 4.06. The minimum absolute atomic E-state index is 0.0636. The first-order chi connectivity index (χ1) is 11.1. The lowest BCUT2D eigenvalue weighted by Crippen LogP contribution is -2.23. The van der Waals surface area contributed by atoms with Crippen LogP contribution in [0.25, 0.3) is 0 Å². The third-order valence-electron chi connectivity index (χ3n) is 5.27. The number of nitrogens with two attached hydrogens (primary N) is 1. The summed E-state index contributed by atoms with van der Waals surface area (Å²) in [6.45, 7) is 2.21. The van der Waals surface area contributed by atoms with Gasteiger partial charge in [0.2, 0.25) is 5.91 Å². The topological polar surface area (TPSA) is 72.2 Å². The molecule has 0 aliphatic heterocycles. The smallest absolute Gasteiger partial charge is 0.251 e. The highest BCUT2D eigenvalue weighted by Crippen LogP contribution is 2.41. The van der Waals surface area contributed by atoms with Crippen LogP contribution in [0.4, 0.5) is 5.00 Å². The van der Waals surface area contributed by atoms with Crippen LogP contribution in [0.3, 0.4) is 0 Å². The van der Waals surface area contributed by atoms with Crippen molar-refractivity contribution < 1.29 is 9.59 Å². The molecule has 1 aromatic heterocycles. The van der Waals surface area contributed by atoms with Crippen LogP contribution < -0.4 is 11.1 Å². The molecule has 2 amide bonds. The zero-order valence-corrected chi connectivity index (χ0v) is 14.6. The molecule has 0 saturated heterocycles. The molecule has 1 saturated carbocycles. The number of hydrogen-bond acceptors (Lipinski definition) is 3. The molecule has 2 aliphatic carbocycles. The first-order valence-corrected chi connectivity index (χ1v) is 9.67. The van der Waals surface area contributed by atoms with Crippen LogP contribution in [0.15, 0.2) is 0 Å². The Hall–Kier alpha value is -1.36. The number of hydrogen-bond donors (Lipinski definition) is 2. The van der Waals surface area contributed by atoms with Crippen LogP contribution >= 0.6 is 11.3 Å². The molecule has 0 spiro atoms. The summed E-state index contributed by atoms with van der Waals surface area (Å²) in [5.74, 6) is 0.458. The Kier molecular flexibility index (Phi) is 5.05. The summed E-state index contributed by atoms with van der Waals surface area (Å²) in [7, 11) is 0. The number of rotatable bonds is 5. The molecule has 1 atom stereocenters. The Morgan fingerprint density at radius 2 is 2.00 bits per heavy atom. The molecule has 3 N–H and O–H groups in total. The predicted molar refractivity (Wildman–Crippen MR) is 93.8 cm³/mol. The standard InChI is InChI=1S/C18H26N2O2S/c1-2-5-11-8-9-13-14(10-11)23-18(15(13)16(19)21)20-17(22)12-6-3-4-7-12/h11-12H,2-10H2,1H3,(H2,19,21)(H,20,22)/t11-/m1/s1. The Labute approximate surface area is 141 Å². The number of anilines is 1. The number of carbonyl (C=O) groups excluding carboxylic acids is 2. The summed E-state index contributed by atoms with van der Waals surface area (Å²) < 4.78 is 0. The minimum Gasteiger partial charge on any atom is -0.365 e. The maximum absolute atomic E-state index is 12.4. The van der Waals surface area contributed by atoms with Gasteiger partial charge in [0.05, 0.1) is 5.56 Å². The lowest BCUT2D eigenvalue weighted by molar-refractivity contribution is -0.119. The van der Waals surface area contributed by atoms with Crippen LogP contribution in [-0.4, -0.2) is 11.8 Å². The van der Waals surface area contributed by atoms with Crippen LogP contribution in [0.2, 0.25) is 0 Å². The molecule has 3 rings (SSSR count). The van der Waals surface area contributed by atoms with Gasteiger partial charge < -0.3 is 11.1 Å². The van der Waals surface area contributed by atoms with Gasteiger partial charge in [0.25, 0.3) is 5.91 Å². The van der Waals surface area contributed by atoms with E-state index in [-0.39, 0.29) is 11.8 Å². The SMILES string of the molecule is CCC[C@@H]1CCc2c(sc(NC(=O)C3CCCC3)c2C(N)=O)C1. The average molecular weight is 334 g/mol. The largest absolute Gasteiger partial charge is 0.365 e. The number of carbonyl (C=O) groups is 2. The Morgan fingerprint density at radius 3 is 2.65 bits per heavy atom. The fourth-order valence-corrected chi connectivity index (χ4v) is 5.43. The normalized spacial score (nSPS) is 21.2. The van der Waals surface area contributed by atoms with Crippen LogP contribution in [0, 0.1) is 11.8 Å². The van der Waals surface area contributed by atoms with Gasteiger partial charge in [-0.25, -0.2) is 0 Å². The van der Waals surface area contributed by atoms with Gasteiger partial charge >= 0.3 is 0 Å². The van der Waals surface area contributed by atoms with Gasteiger partial charge in [-0.1, -0.05) is 32.6 Å². The molecule has 0 aromatic carbocycles. The van der Waals surface area contributed by atoms with E-state index in [1.54, 1.807) is 11.3 Å². The van der Waals surface area contributed by atoms with Gasteiger partial charge in [-0.15, -0.1) is 11.3 Å². The van der Waals surface area contributed by atoms with Crippen LogP contribution in [0.1, 0.15) is 72.7 Å². The second-order valence-corrected chi connectivity index (χ2v) is 8.05. The molecule has 5 heteroatoms. The van der Waals surface area contributed by atoms with E-state index in [1.807, 2.05) is 0 Å². The van der Waals surface area contributed by atoms with Crippen molar-refractivity contribution in [3.8, 4) is 0 Å². The average Bonchev–Trinajstić information content (AvgIpc) is 3.14. The molecule has 0 unspecified atom stereocenters. The number of thiophene rings is 1. The second kappa shape index (κ2) is 7.04. The lowest BCUT2D eigenvalue weighted by Gasteiger charge is -2.21. The van der Waals surface area contributed by atoms with Crippen molar-refractivity contribution in [2.75, 3.05) is 5.32 Å².